The minimum Gasteiger partial charge on any atom is -0.376 e. The third kappa shape index (κ3) is 6.08. The maximum Gasteiger partial charge on any atom is 0.263 e. The van der Waals surface area contributed by atoms with Crippen LogP contribution in [0.4, 0.5) is 0 Å². The van der Waals surface area contributed by atoms with Gasteiger partial charge in [-0.1, -0.05) is 45.0 Å². The highest BCUT2D eigenvalue weighted by Gasteiger charge is 2.15. The van der Waals surface area contributed by atoms with E-state index in [0.717, 1.165) is 37.9 Å². The summed E-state index contributed by atoms with van der Waals surface area (Å²) in [5.41, 5.74) is 2.47. The van der Waals surface area contributed by atoms with Crippen LogP contribution in [0.2, 0.25) is 0 Å². The largest absolute Gasteiger partial charge is 0.376 e. The Balaban J connectivity index is 2.79. The van der Waals surface area contributed by atoms with Gasteiger partial charge in [-0.05, 0) is 37.3 Å². The predicted molar refractivity (Wildman–Crippen MR) is 98.2 cm³/mol. The molecule has 24 heavy (non-hydrogen) atoms. The molecule has 4 heteroatoms. The Morgan fingerprint density at radius 3 is 2.25 bits per heavy atom. The van der Waals surface area contributed by atoms with Crippen LogP contribution >= 0.6 is 0 Å². The van der Waals surface area contributed by atoms with Gasteiger partial charge in [-0.3, -0.25) is 4.79 Å². The Morgan fingerprint density at radius 1 is 1.21 bits per heavy atom. The molecule has 0 heterocycles. The van der Waals surface area contributed by atoms with Gasteiger partial charge >= 0.3 is 0 Å². The fraction of sp³-hybridized carbons (Fsp3) is 0.500. The number of rotatable bonds is 9. The van der Waals surface area contributed by atoms with E-state index in [1.54, 1.807) is 6.20 Å². The molecule has 130 valence electrons. The van der Waals surface area contributed by atoms with Crippen molar-refractivity contribution < 1.29 is 4.79 Å². The van der Waals surface area contributed by atoms with Gasteiger partial charge in [0, 0.05) is 19.3 Å². The molecule has 1 aromatic carbocycles. The van der Waals surface area contributed by atoms with Crippen molar-refractivity contribution in [2.45, 2.75) is 53.0 Å². The van der Waals surface area contributed by atoms with E-state index in [-0.39, 0.29) is 17.5 Å². The van der Waals surface area contributed by atoms with Gasteiger partial charge in [0.1, 0.15) is 11.6 Å². The Hall–Kier alpha value is -2.28. The number of nitrogens with zero attached hydrogens (tertiary/aromatic N) is 2. The molecule has 1 rings (SSSR count). The molecule has 1 aromatic rings. The van der Waals surface area contributed by atoms with Crippen molar-refractivity contribution in [1.29, 1.82) is 5.26 Å². The Kier molecular flexibility index (Phi) is 8.64. The summed E-state index contributed by atoms with van der Waals surface area (Å²) in [7, 11) is 0. The van der Waals surface area contributed by atoms with Gasteiger partial charge in [0.25, 0.3) is 5.91 Å². The molecule has 0 saturated carbocycles. The molecule has 0 aliphatic heterocycles. The van der Waals surface area contributed by atoms with Gasteiger partial charge in [0.05, 0.1) is 6.04 Å². The number of carbonyl (C=O) groups excluding carboxylic acids is 1. The quantitative estimate of drug-likeness (QED) is 0.552. The second kappa shape index (κ2) is 10.5. The first-order chi connectivity index (χ1) is 11.5. The number of hydrogen-bond donors (Lipinski definition) is 1. The van der Waals surface area contributed by atoms with Gasteiger partial charge in [-0.25, -0.2) is 0 Å². The number of hydrogen-bond acceptors (Lipinski definition) is 3. The lowest BCUT2D eigenvalue weighted by atomic mass is 10.0. The van der Waals surface area contributed by atoms with Crippen LogP contribution < -0.4 is 5.32 Å². The summed E-state index contributed by atoms with van der Waals surface area (Å²) < 4.78 is 0. The molecule has 0 aliphatic carbocycles. The van der Waals surface area contributed by atoms with Crippen LogP contribution in [-0.2, 0) is 11.2 Å². The zero-order valence-electron chi connectivity index (χ0n) is 15.3. The molecule has 0 aliphatic rings. The highest BCUT2D eigenvalue weighted by molar-refractivity contribution is 5.97. The van der Waals surface area contributed by atoms with Crippen molar-refractivity contribution in [1.82, 2.24) is 10.2 Å². The smallest absolute Gasteiger partial charge is 0.263 e. The molecule has 0 aromatic heterocycles. The van der Waals surface area contributed by atoms with Crippen molar-refractivity contribution >= 4 is 5.91 Å². The van der Waals surface area contributed by atoms with E-state index in [9.17, 15) is 10.1 Å². The van der Waals surface area contributed by atoms with Crippen molar-refractivity contribution in [2.75, 3.05) is 13.1 Å². The maximum atomic E-state index is 12.4. The third-order valence-electron chi connectivity index (χ3n) is 3.93. The molecule has 4 nitrogen and oxygen atoms in total. The normalized spacial score (nSPS) is 12.4. The number of amides is 1. The second-order valence-electron chi connectivity index (χ2n) is 5.98. The first-order valence-corrected chi connectivity index (χ1v) is 8.81. The van der Waals surface area contributed by atoms with E-state index in [1.165, 1.54) is 5.56 Å². The van der Waals surface area contributed by atoms with Crippen molar-refractivity contribution in [2.24, 2.45) is 0 Å². The molecular formula is C20H29N3O. The summed E-state index contributed by atoms with van der Waals surface area (Å²) in [5.74, 6) is -0.318. The van der Waals surface area contributed by atoms with Gasteiger partial charge in [0.15, 0.2) is 0 Å². The SMILES string of the molecule is CCCN(/C=C(/C#N)C(=O)NC(C)c1ccc(CC)cc1)CCC. The lowest BCUT2D eigenvalue weighted by Crippen LogP contribution is -2.29. The second-order valence-corrected chi connectivity index (χ2v) is 5.98. The zero-order valence-corrected chi connectivity index (χ0v) is 15.3. The van der Waals surface area contributed by atoms with E-state index in [4.69, 9.17) is 0 Å². The highest BCUT2D eigenvalue weighted by Crippen LogP contribution is 2.14. The number of nitrogens with one attached hydrogen (secondary N) is 1. The third-order valence-corrected chi connectivity index (χ3v) is 3.93. The van der Waals surface area contributed by atoms with E-state index < -0.39 is 0 Å². The van der Waals surface area contributed by atoms with Crippen LogP contribution in [0.15, 0.2) is 36.0 Å². The molecule has 1 amide bonds. The van der Waals surface area contributed by atoms with Gasteiger partial charge in [0.2, 0.25) is 0 Å². The minimum atomic E-state index is -0.318. The Labute approximate surface area is 146 Å². The fourth-order valence-electron chi connectivity index (χ4n) is 2.54. The van der Waals surface area contributed by atoms with Gasteiger partial charge in [-0.15, -0.1) is 0 Å². The van der Waals surface area contributed by atoms with Crippen LogP contribution in [0.25, 0.3) is 0 Å². The van der Waals surface area contributed by atoms with Crippen LogP contribution in [0.1, 0.15) is 57.7 Å². The van der Waals surface area contributed by atoms with Crippen molar-refractivity contribution in [3.8, 4) is 6.07 Å². The van der Waals surface area contributed by atoms with Crippen LogP contribution in [0.5, 0.6) is 0 Å². The Bertz CT molecular complexity index is 578. The predicted octanol–water partition coefficient (Wildman–Crippen LogP) is 3.96. The molecule has 0 spiro atoms. The van der Waals surface area contributed by atoms with Crippen LogP contribution in [0.3, 0.4) is 0 Å². The molecule has 1 N–H and O–H groups in total. The summed E-state index contributed by atoms with van der Waals surface area (Å²) in [6, 6.07) is 10.1. The van der Waals surface area contributed by atoms with Gasteiger partial charge in [-0.2, -0.15) is 5.26 Å². The van der Waals surface area contributed by atoms with Gasteiger partial charge < -0.3 is 10.2 Å². The van der Waals surface area contributed by atoms with E-state index in [0.29, 0.717) is 0 Å². The van der Waals surface area contributed by atoms with Crippen LogP contribution in [0, 0.1) is 11.3 Å². The molecule has 0 radical (unpaired) electrons. The van der Waals surface area contributed by atoms with E-state index in [2.05, 4.69) is 38.2 Å². The molecule has 1 unspecified atom stereocenters. The summed E-state index contributed by atoms with van der Waals surface area (Å²) in [6.07, 6.45) is 4.65. The lowest BCUT2D eigenvalue weighted by molar-refractivity contribution is -0.117. The average molecular weight is 327 g/mol. The zero-order chi connectivity index (χ0) is 17.9. The van der Waals surface area contributed by atoms with E-state index >= 15 is 0 Å². The molecule has 0 saturated heterocycles. The average Bonchev–Trinajstić information content (AvgIpc) is 2.59. The number of carbonyl (C=O) groups is 1. The standard InChI is InChI=1S/C20H29N3O/c1-5-12-23(13-6-2)15-19(14-21)20(24)22-16(4)18-10-8-17(7-3)9-11-18/h8-11,15-16H,5-7,12-13H2,1-4H3,(H,22,24)/b19-15-. The summed E-state index contributed by atoms with van der Waals surface area (Å²) >= 11 is 0. The topological polar surface area (TPSA) is 56.1 Å². The molecular weight excluding hydrogens is 298 g/mol. The highest BCUT2D eigenvalue weighted by atomic mass is 16.1. The first kappa shape index (κ1) is 19.8. The fourth-order valence-corrected chi connectivity index (χ4v) is 2.54. The lowest BCUT2D eigenvalue weighted by Gasteiger charge is -2.20. The molecule has 0 fully saturated rings. The molecule has 1 atom stereocenters. The van der Waals surface area contributed by atoms with Crippen LogP contribution in [-0.4, -0.2) is 23.9 Å². The van der Waals surface area contributed by atoms with Crippen molar-refractivity contribution in [3.63, 3.8) is 0 Å². The molecule has 0 bridgehead atoms. The number of nitriles is 1. The Morgan fingerprint density at radius 2 is 1.79 bits per heavy atom. The minimum absolute atomic E-state index is 0.133. The monoisotopic (exact) mass is 327 g/mol. The number of aryl methyl sites for hydroxylation is 1. The van der Waals surface area contributed by atoms with E-state index in [1.807, 2.05) is 30.0 Å². The maximum absolute atomic E-state index is 12.4. The summed E-state index contributed by atoms with van der Waals surface area (Å²) in [5, 5.41) is 12.2. The van der Waals surface area contributed by atoms with Crippen molar-refractivity contribution in [3.05, 3.63) is 47.2 Å². The first-order valence-electron chi connectivity index (χ1n) is 8.81. The summed E-state index contributed by atoms with van der Waals surface area (Å²) in [6.45, 7) is 9.92. The number of benzene rings is 1. The summed E-state index contributed by atoms with van der Waals surface area (Å²) in [4.78, 5) is 14.4.